The van der Waals surface area contributed by atoms with Crippen molar-refractivity contribution in [3.8, 4) is 39.6 Å². The van der Waals surface area contributed by atoms with E-state index in [4.69, 9.17) is 14.1 Å². The third-order valence-electron chi connectivity index (χ3n) is 11.1. The smallest absolute Gasteiger partial charge is 0.228 e. The number of aryl methyl sites for hydroxylation is 1. The van der Waals surface area contributed by atoms with Crippen molar-refractivity contribution < 1.29 is 9.15 Å². The summed E-state index contributed by atoms with van der Waals surface area (Å²) in [6, 6.07) is 63.9. The quantitative estimate of drug-likeness (QED) is 0.163. The molecule has 272 valence electrons. The lowest BCUT2D eigenvalue weighted by Gasteiger charge is -2.27. The summed E-state index contributed by atoms with van der Waals surface area (Å²) in [6.07, 6.45) is 1.70. The molecule has 3 aromatic heterocycles. The van der Waals surface area contributed by atoms with Crippen LogP contribution in [0.4, 0.5) is 22.7 Å². The van der Waals surface area contributed by atoms with E-state index in [0.29, 0.717) is 12.4 Å². The number of furan rings is 1. The van der Waals surface area contributed by atoms with Crippen LogP contribution in [0.15, 0.2) is 193 Å². The summed E-state index contributed by atoms with van der Waals surface area (Å²) >= 11 is 0. The molecule has 0 saturated heterocycles. The summed E-state index contributed by atoms with van der Waals surface area (Å²) in [5.74, 6) is 2.31. The van der Waals surface area contributed by atoms with Crippen LogP contribution in [0, 0.1) is 6.92 Å². The van der Waals surface area contributed by atoms with E-state index in [9.17, 15) is 0 Å². The minimum Gasteiger partial charge on any atom is -0.457 e. The van der Waals surface area contributed by atoms with Gasteiger partial charge < -0.3 is 19.0 Å². The van der Waals surface area contributed by atoms with Gasteiger partial charge >= 0.3 is 0 Å². The topological polar surface area (TPSA) is 46.7 Å². The highest BCUT2D eigenvalue weighted by Crippen LogP contribution is 2.50. The first-order valence-corrected chi connectivity index (χ1v) is 19.2. The van der Waals surface area contributed by atoms with Gasteiger partial charge in [0, 0.05) is 45.1 Å². The maximum Gasteiger partial charge on any atom is 0.228 e. The van der Waals surface area contributed by atoms with Crippen LogP contribution in [0.3, 0.4) is 0 Å². The van der Waals surface area contributed by atoms with Gasteiger partial charge in [-0.05, 0) is 78.2 Å². The highest BCUT2D eigenvalue weighted by molar-refractivity contribution is 6.09. The zero-order chi connectivity index (χ0) is 37.9. The molecule has 0 saturated carbocycles. The highest BCUT2D eigenvalue weighted by atomic mass is 16.5. The Balaban J connectivity index is 0.981. The Kier molecular flexibility index (Phi) is 7.67. The number of hydrogen-bond acceptors (Lipinski definition) is 5. The molecule has 0 atom stereocenters. The minimum atomic E-state index is 0.627. The van der Waals surface area contributed by atoms with E-state index >= 15 is 0 Å². The summed E-state index contributed by atoms with van der Waals surface area (Å²) in [6.45, 7) is 2.73. The van der Waals surface area contributed by atoms with E-state index in [-0.39, 0.29) is 0 Å². The van der Waals surface area contributed by atoms with Crippen LogP contribution in [-0.2, 0) is 0 Å². The molecule has 0 spiro atoms. The summed E-state index contributed by atoms with van der Waals surface area (Å²) in [4.78, 5) is 9.77. The van der Waals surface area contributed by atoms with Gasteiger partial charge in [0.25, 0.3) is 0 Å². The second-order valence-electron chi connectivity index (χ2n) is 14.5. The van der Waals surface area contributed by atoms with Gasteiger partial charge in [0.05, 0.1) is 34.4 Å². The van der Waals surface area contributed by atoms with Gasteiger partial charge in [0.2, 0.25) is 5.71 Å². The first-order chi connectivity index (χ1) is 28.2. The zero-order valence-electron chi connectivity index (χ0n) is 31.2. The average molecular weight is 737 g/mol. The van der Waals surface area contributed by atoms with Gasteiger partial charge in [-0.2, -0.15) is 4.98 Å². The number of fused-ring (bicyclic) bond motifs is 5. The third kappa shape index (κ3) is 5.53. The van der Waals surface area contributed by atoms with Crippen molar-refractivity contribution in [2.75, 3.05) is 16.5 Å². The lowest BCUT2D eigenvalue weighted by atomic mass is 9.95. The predicted octanol–water partition coefficient (Wildman–Crippen LogP) is 13.6. The van der Waals surface area contributed by atoms with Crippen LogP contribution in [0.1, 0.15) is 5.56 Å². The van der Waals surface area contributed by atoms with Crippen LogP contribution >= 0.6 is 0 Å². The Morgan fingerprint density at radius 2 is 1.18 bits per heavy atom. The second kappa shape index (κ2) is 13.3. The van der Waals surface area contributed by atoms with Crippen LogP contribution < -0.4 is 14.5 Å². The Bertz CT molecular complexity index is 3050. The summed E-state index contributed by atoms with van der Waals surface area (Å²) in [7, 11) is 0. The Labute approximate surface area is 330 Å². The summed E-state index contributed by atoms with van der Waals surface area (Å²) < 4.78 is 14.7. The largest absolute Gasteiger partial charge is 0.457 e. The molecule has 0 N–H and O–H groups in total. The molecule has 6 heteroatoms. The molecule has 10 aromatic rings. The zero-order valence-corrected chi connectivity index (χ0v) is 31.2. The summed E-state index contributed by atoms with van der Waals surface area (Å²) in [5.41, 5.74) is 13.1. The molecule has 0 bridgehead atoms. The van der Waals surface area contributed by atoms with Gasteiger partial charge in [0.15, 0.2) is 0 Å². The Hall–Kier alpha value is -7.57. The molecular weight excluding hydrogens is 701 g/mol. The number of benzene rings is 7. The van der Waals surface area contributed by atoms with Crippen LogP contribution in [0.5, 0.6) is 11.5 Å². The molecule has 11 rings (SSSR count). The molecule has 0 fully saturated rings. The van der Waals surface area contributed by atoms with E-state index in [1.165, 1.54) is 27.9 Å². The molecule has 7 aromatic carbocycles. The standard InChI is InChI=1S/C51H36N4O2/c1-34-30-49(52-51-40(34)28-29-56-51)55-45-23-9-8-20-43(45)44-27-26-39(32-48(44)55)57-38-19-12-18-37(31-38)53-33-54(47-25-11-10-24-46(47)53)50-41(35-14-4-2-5-15-35)21-13-22-42(50)36-16-6-3-7-17-36/h2-32H,33H2,1H3. The van der Waals surface area contributed by atoms with Gasteiger partial charge in [-0.25, -0.2) is 0 Å². The lowest BCUT2D eigenvalue weighted by Crippen LogP contribution is -2.24. The predicted molar refractivity (Wildman–Crippen MR) is 233 cm³/mol. The van der Waals surface area contributed by atoms with Crippen molar-refractivity contribution in [3.05, 3.63) is 194 Å². The molecule has 0 radical (unpaired) electrons. The van der Waals surface area contributed by atoms with Crippen molar-refractivity contribution >= 4 is 55.7 Å². The summed E-state index contributed by atoms with van der Waals surface area (Å²) in [5, 5.41) is 3.30. The number of hydrogen-bond donors (Lipinski definition) is 0. The molecule has 1 aliphatic heterocycles. The monoisotopic (exact) mass is 736 g/mol. The molecule has 4 heterocycles. The van der Waals surface area contributed by atoms with Crippen molar-refractivity contribution in [2.45, 2.75) is 6.92 Å². The van der Waals surface area contributed by atoms with Gasteiger partial charge in [-0.15, -0.1) is 0 Å². The van der Waals surface area contributed by atoms with Crippen LogP contribution in [-0.4, -0.2) is 16.2 Å². The molecule has 57 heavy (non-hydrogen) atoms. The molecule has 0 amide bonds. The van der Waals surface area contributed by atoms with Crippen molar-refractivity contribution in [2.24, 2.45) is 0 Å². The minimum absolute atomic E-state index is 0.627. The maximum atomic E-state index is 6.72. The van der Waals surface area contributed by atoms with Crippen LogP contribution in [0.2, 0.25) is 0 Å². The van der Waals surface area contributed by atoms with Crippen molar-refractivity contribution in [3.63, 3.8) is 0 Å². The highest BCUT2D eigenvalue weighted by Gasteiger charge is 2.31. The number of nitrogens with zero attached hydrogens (tertiary/aromatic N) is 4. The maximum absolute atomic E-state index is 6.72. The average Bonchev–Trinajstić information content (AvgIpc) is 3.99. The number of ether oxygens (including phenoxy) is 1. The number of anilines is 4. The number of para-hydroxylation sites is 4. The van der Waals surface area contributed by atoms with Gasteiger partial charge in [-0.3, -0.25) is 4.57 Å². The van der Waals surface area contributed by atoms with E-state index in [1.807, 2.05) is 12.1 Å². The first kappa shape index (κ1) is 32.8. The first-order valence-electron chi connectivity index (χ1n) is 19.2. The fourth-order valence-electron chi connectivity index (χ4n) is 8.48. The second-order valence-corrected chi connectivity index (χ2v) is 14.5. The SMILES string of the molecule is Cc1cc(-n2c3ccccc3c3ccc(Oc4cccc(N5CN(c6c(-c7ccccc7)cccc6-c6ccccc6)c6ccccc65)c4)cc32)nc2occc12. The Morgan fingerprint density at radius 1 is 0.526 bits per heavy atom. The van der Waals surface area contributed by atoms with Gasteiger partial charge in [-0.1, -0.05) is 115 Å². The number of aromatic nitrogens is 2. The lowest BCUT2D eigenvalue weighted by molar-refractivity contribution is 0.483. The Morgan fingerprint density at radius 3 is 1.95 bits per heavy atom. The van der Waals surface area contributed by atoms with Crippen LogP contribution in [0.25, 0.3) is 61.0 Å². The fourth-order valence-corrected chi connectivity index (χ4v) is 8.48. The molecule has 6 nitrogen and oxygen atoms in total. The number of pyridine rings is 1. The van der Waals surface area contributed by atoms with Crippen molar-refractivity contribution in [1.29, 1.82) is 0 Å². The number of rotatable bonds is 7. The molecular formula is C51H36N4O2. The van der Waals surface area contributed by atoms with E-state index in [0.717, 1.165) is 67.1 Å². The molecule has 0 aliphatic carbocycles. The third-order valence-corrected chi connectivity index (χ3v) is 11.1. The van der Waals surface area contributed by atoms with E-state index in [2.05, 4.69) is 191 Å². The fraction of sp³-hybridized carbons (Fsp3) is 0.0392. The molecule has 0 unspecified atom stereocenters. The van der Waals surface area contributed by atoms with E-state index in [1.54, 1.807) is 6.26 Å². The van der Waals surface area contributed by atoms with Crippen molar-refractivity contribution in [1.82, 2.24) is 9.55 Å². The normalized spacial score (nSPS) is 12.5. The van der Waals surface area contributed by atoms with E-state index < -0.39 is 0 Å². The van der Waals surface area contributed by atoms with Gasteiger partial charge in [0.1, 0.15) is 24.0 Å². The molecule has 1 aliphatic rings.